The van der Waals surface area contributed by atoms with E-state index in [1.165, 1.54) is 0 Å². The molecule has 5 heteroatoms. The normalized spacial score (nSPS) is 19.8. The Labute approximate surface area is 160 Å². The number of anilines is 1. The molecule has 2 aromatic rings. The molecule has 1 aromatic carbocycles. The number of aromatic nitrogens is 1. The minimum atomic E-state index is -1.27. The van der Waals surface area contributed by atoms with Crippen LogP contribution < -0.4 is 9.64 Å². The SMILES string of the molecule is CC1Cc2c(nc(C3CCCC3)c(OC(=O)O)c2-c2ccccc2)N(C)C1. The molecule has 1 N–H and O–H groups in total. The highest BCUT2D eigenvalue weighted by molar-refractivity contribution is 5.82. The van der Waals surface area contributed by atoms with Crippen LogP contribution in [-0.4, -0.2) is 29.8 Å². The second kappa shape index (κ2) is 7.22. The number of benzene rings is 1. The molecule has 4 rings (SSSR count). The van der Waals surface area contributed by atoms with Gasteiger partial charge in [0, 0.05) is 30.6 Å². The Morgan fingerprint density at radius 2 is 1.93 bits per heavy atom. The lowest BCUT2D eigenvalue weighted by molar-refractivity contribution is 0.143. The number of nitrogens with zero attached hydrogens (tertiary/aromatic N) is 2. The summed E-state index contributed by atoms with van der Waals surface area (Å²) in [7, 11) is 2.08. The summed E-state index contributed by atoms with van der Waals surface area (Å²) in [6.07, 6.45) is 3.99. The molecule has 0 radical (unpaired) electrons. The molecule has 0 saturated heterocycles. The summed E-state index contributed by atoms with van der Waals surface area (Å²) in [4.78, 5) is 18.8. The van der Waals surface area contributed by atoms with Gasteiger partial charge in [0.05, 0.1) is 5.69 Å². The van der Waals surface area contributed by atoms with E-state index in [2.05, 4.69) is 18.9 Å². The predicted molar refractivity (Wildman–Crippen MR) is 106 cm³/mol. The van der Waals surface area contributed by atoms with Gasteiger partial charge in [0.2, 0.25) is 0 Å². The van der Waals surface area contributed by atoms with Gasteiger partial charge in [-0.15, -0.1) is 0 Å². The van der Waals surface area contributed by atoms with E-state index in [0.717, 1.165) is 66.9 Å². The Morgan fingerprint density at radius 3 is 2.59 bits per heavy atom. The molecule has 1 saturated carbocycles. The third-order valence-electron chi connectivity index (χ3n) is 5.75. The van der Waals surface area contributed by atoms with Crippen LogP contribution in [0.1, 0.15) is 49.8 Å². The zero-order chi connectivity index (χ0) is 19.0. The lowest BCUT2D eigenvalue weighted by Gasteiger charge is -2.34. The van der Waals surface area contributed by atoms with E-state index in [-0.39, 0.29) is 5.92 Å². The molecular weight excluding hydrogens is 340 g/mol. The monoisotopic (exact) mass is 366 g/mol. The molecule has 1 atom stereocenters. The van der Waals surface area contributed by atoms with Crippen LogP contribution in [0.25, 0.3) is 11.1 Å². The van der Waals surface area contributed by atoms with Crippen molar-refractivity contribution in [3.05, 3.63) is 41.6 Å². The molecule has 5 nitrogen and oxygen atoms in total. The first kappa shape index (κ1) is 17.8. The lowest BCUT2D eigenvalue weighted by atomic mass is 9.87. The number of carboxylic acid groups (broad SMARTS) is 1. The van der Waals surface area contributed by atoms with Gasteiger partial charge in [-0.05, 0) is 30.7 Å². The van der Waals surface area contributed by atoms with Crippen LogP contribution in [-0.2, 0) is 6.42 Å². The van der Waals surface area contributed by atoms with E-state index >= 15 is 0 Å². The maximum atomic E-state index is 11.6. The van der Waals surface area contributed by atoms with Gasteiger partial charge in [0.15, 0.2) is 5.75 Å². The number of hydrogen-bond donors (Lipinski definition) is 1. The third-order valence-corrected chi connectivity index (χ3v) is 5.75. The van der Waals surface area contributed by atoms with Crippen LogP contribution in [0.15, 0.2) is 30.3 Å². The minimum Gasteiger partial charge on any atom is -0.449 e. The Morgan fingerprint density at radius 1 is 1.22 bits per heavy atom. The molecule has 1 fully saturated rings. The van der Waals surface area contributed by atoms with Crippen LogP contribution in [0, 0.1) is 5.92 Å². The maximum absolute atomic E-state index is 11.6. The predicted octanol–water partition coefficient (Wildman–Crippen LogP) is 5.09. The summed E-state index contributed by atoms with van der Waals surface area (Å²) in [5.74, 6) is 2.16. The Balaban J connectivity index is 2.00. The molecule has 0 bridgehead atoms. The second-order valence-electron chi connectivity index (χ2n) is 7.91. The molecule has 0 amide bonds. The van der Waals surface area contributed by atoms with Crippen molar-refractivity contribution in [1.82, 2.24) is 4.98 Å². The fourth-order valence-corrected chi connectivity index (χ4v) is 4.66. The number of fused-ring (bicyclic) bond motifs is 1. The zero-order valence-electron chi connectivity index (χ0n) is 15.9. The average molecular weight is 366 g/mol. The molecule has 2 aliphatic rings. The van der Waals surface area contributed by atoms with Crippen LogP contribution >= 0.6 is 0 Å². The fraction of sp³-hybridized carbons (Fsp3) is 0.455. The van der Waals surface area contributed by atoms with E-state index in [1.54, 1.807) is 0 Å². The maximum Gasteiger partial charge on any atom is 0.511 e. The lowest BCUT2D eigenvalue weighted by Crippen LogP contribution is -2.32. The molecule has 0 spiro atoms. The Kier molecular flexibility index (Phi) is 4.77. The van der Waals surface area contributed by atoms with Gasteiger partial charge in [0.1, 0.15) is 5.82 Å². The first-order valence-corrected chi connectivity index (χ1v) is 9.78. The van der Waals surface area contributed by atoms with Crippen LogP contribution in [0.4, 0.5) is 10.6 Å². The standard InChI is InChI=1S/C22H26N2O3/c1-14-12-17-18(15-8-4-3-5-9-15)20(27-22(25)26)19(16-10-6-7-11-16)23-21(17)24(2)13-14/h3-5,8-9,14,16H,6-7,10-13H2,1-2H3,(H,25,26). The van der Waals surface area contributed by atoms with Gasteiger partial charge in [-0.2, -0.15) is 0 Å². The van der Waals surface area contributed by atoms with Crippen LogP contribution in [0.2, 0.25) is 0 Å². The number of carbonyl (C=O) groups is 1. The van der Waals surface area contributed by atoms with Crippen LogP contribution in [0.3, 0.4) is 0 Å². The fourth-order valence-electron chi connectivity index (χ4n) is 4.66. The summed E-state index contributed by atoms with van der Waals surface area (Å²) < 4.78 is 5.42. The minimum absolute atomic E-state index is 0.264. The van der Waals surface area contributed by atoms with Crippen molar-refractivity contribution in [2.75, 3.05) is 18.5 Å². The van der Waals surface area contributed by atoms with Crippen molar-refractivity contribution in [3.8, 4) is 16.9 Å². The summed E-state index contributed by atoms with van der Waals surface area (Å²) in [6.45, 7) is 3.17. The topological polar surface area (TPSA) is 62.7 Å². The smallest absolute Gasteiger partial charge is 0.449 e. The van der Waals surface area contributed by atoms with Crippen molar-refractivity contribution in [2.24, 2.45) is 5.92 Å². The second-order valence-corrected chi connectivity index (χ2v) is 7.91. The Hall–Kier alpha value is -2.56. The molecule has 2 heterocycles. The van der Waals surface area contributed by atoms with Crippen molar-refractivity contribution in [3.63, 3.8) is 0 Å². The largest absolute Gasteiger partial charge is 0.511 e. The van der Waals surface area contributed by atoms with E-state index in [9.17, 15) is 9.90 Å². The first-order valence-electron chi connectivity index (χ1n) is 9.78. The summed E-state index contributed by atoms with van der Waals surface area (Å²) in [5.41, 5.74) is 3.81. The average Bonchev–Trinajstić information content (AvgIpc) is 3.16. The molecule has 1 unspecified atom stereocenters. The highest BCUT2D eigenvalue weighted by Gasteiger charge is 2.33. The van der Waals surface area contributed by atoms with Gasteiger partial charge in [-0.25, -0.2) is 9.78 Å². The van der Waals surface area contributed by atoms with E-state index in [1.807, 2.05) is 30.3 Å². The van der Waals surface area contributed by atoms with Gasteiger partial charge in [-0.1, -0.05) is 50.1 Å². The van der Waals surface area contributed by atoms with E-state index < -0.39 is 6.16 Å². The molecule has 142 valence electrons. The number of rotatable bonds is 3. The van der Waals surface area contributed by atoms with Gasteiger partial charge in [-0.3, -0.25) is 0 Å². The summed E-state index contributed by atoms with van der Waals surface area (Å²) in [6, 6.07) is 10.0. The van der Waals surface area contributed by atoms with Crippen LogP contribution in [0.5, 0.6) is 5.75 Å². The summed E-state index contributed by atoms with van der Waals surface area (Å²) in [5, 5.41) is 9.45. The highest BCUT2D eigenvalue weighted by Crippen LogP contribution is 2.47. The Bertz CT molecular complexity index is 844. The molecule has 1 aliphatic heterocycles. The van der Waals surface area contributed by atoms with E-state index in [4.69, 9.17) is 9.72 Å². The molecule has 1 aliphatic carbocycles. The van der Waals surface area contributed by atoms with Gasteiger partial charge < -0.3 is 14.7 Å². The number of ether oxygens (including phenoxy) is 1. The van der Waals surface area contributed by atoms with Crippen molar-refractivity contribution in [2.45, 2.75) is 44.9 Å². The highest BCUT2D eigenvalue weighted by atomic mass is 16.7. The quantitative estimate of drug-likeness (QED) is 0.767. The first-order chi connectivity index (χ1) is 13.0. The number of hydrogen-bond acceptors (Lipinski definition) is 4. The zero-order valence-corrected chi connectivity index (χ0v) is 15.9. The molecule has 1 aromatic heterocycles. The van der Waals surface area contributed by atoms with Crippen molar-refractivity contribution in [1.29, 1.82) is 0 Å². The third kappa shape index (κ3) is 3.38. The van der Waals surface area contributed by atoms with Crippen molar-refractivity contribution < 1.29 is 14.6 Å². The summed E-state index contributed by atoms with van der Waals surface area (Å²) >= 11 is 0. The van der Waals surface area contributed by atoms with Gasteiger partial charge >= 0.3 is 6.16 Å². The number of pyridine rings is 1. The van der Waals surface area contributed by atoms with E-state index in [0.29, 0.717) is 11.7 Å². The molecule has 27 heavy (non-hydrogen) atoms. The van der Waals surface area contributed by atoms with Crippen molar-refractivity contribution >= 4 is 12.0 Å². The van der Waals surface area contributed by atoms with Gasteiger partial charge in [0.25, 0.3) is 0 Å². The molecular formula is C22H26N2O3.